The van der Waals surface area contributed by atoms with Crippen LogP contribution in [-0.4, -0.2) is 47.7 Å². The van der Waals surface area contributed by atoms with Gasteiger partial charge < -0.3 is 9.88 Å². The fourth-order valence-corrected chi connectivity index (χ4v) is 4.48. The number of hydrogen-bond donors (Lipinski definition) is 1. The standard InChI is InChI=1S/C11H17N3O3S2/c1-14-5-3-13-11(14)18-6-4-12-10(15)9-2-7-19(16,17)8-9/h3,5,9H,2,4,6-8H2,1H3,(H,12,15). The van der Waals surface area contributed by atoms with Crippen molar-refractivity contribution < 1.29 is 13.2 Å². The third kappa shape index (κ3) is 3.97. The summed E-state index contributed by atoms with van der Waals surface area (Å²) in [6.07, 6.45) is 4.04. The second kappa shape index (κ2) is 5.96. The van der Waals surface area contributed by atoms with Gasteiger partial charge >= 0.3 is 0 Å². The second-order valence-corrected chi connectivity index (χ2v) is 7.85. The lowest BCUT2D eigenvalue weighted by molar-refractivity contribution is -0.124. The van der Waals surface area contributed by atoms with Crippen molar-refractivity contribution in [3.05, 3.63) is 12.4 Å². The summed E-state index contributed by atoms with van der Waals surface area (Å²) in [5.41, 5.74) is 0. The van der Waals surface area contributed by atoms with Gasteiger partial charge in [-0.1, -0.05) is 11.8 Å². The summed E-state index contributed by atoms with van der Waals surface area (Å²) in [7, 11) is -1.08. The number of hydrogen-bond acceptors (Lipinski definition) is 5. The normalized spacial score (nSPS) is 21.4. The van der Waals surface area contributed by atoms with Gasteiger partial charge in [0.1, 0.15) is 0 Å². The summed E-state index contributed by atoms with van der Waals surface area (Å²) in [4.78, 5) is 15.9. The molecule has 1 aromatic rings. The number of sulfone groups is 1. The topological polar surface area (TPSA) is 81.1 Å². The molecule has 0 aromatic carbocycles. The Balaban J connectivity index is 1.69. The Bertz CT molecular complexity index is 553. The molecule has 1 atom stereocenters. The van der Waals surface area contributed by atoms with Gasteiger partial charge in [-0.15, -0.1) is 0 Å². The summed E-state index contributed by atoms with van der Waals surface area (Å²) >= 11 is 1.56. The van der Waals surface area contributed by atoms with Crippen LogP contribution in [0.25, 0.3) is 0 Å². The Kier molecular flexibility index (Phi) is 4.51. The van der Waals surface area contributed by atoms with E-state index in [1.165, 1.54) is 0 Å². The van der Waals surface area contributed by atoms with E-state index in [-0.39, 0.29) is 23.3 Å². The fraction of sp³-hybridized carbons (Fsp3) is 0.636. The number of carbonyl (C=O) groups is 1. The van der Waals surface area contributed by atoms with Crippen molar-refractivity contribution in [2.24, 2.45) is 13.0 Å². The first-order valence-corrected chi connectivity index (χ1v) is 8.87. The number of nitrogens with one attached hydrogen (secondary N) is 1. The Labute approximate surface area is 116 Å². The number of imidazole rings is 1. The van der Waals surface area contributed by atoms with Crippen LogP contribution in [0.1, 0.15) is 6.42 Å². The summed E-state index contributed by atoms with van der Waals surface area (Å²) in [5.74, 6) is 0.318. The lowest BCUT2D eigenvalue weighted by Gasteiger charge is -2.09. The van der Waals surface area contributed by atoms with Crippen LogP contribution < -0.4 is 5.32 Å². The molecule has 2 heterocycles. The highest BCUT2D eigenvalue weighted by molar-refractivity contribution is 7.99. The molecule has 0 saturated carbocycles. The van der Waals surface area contributed by atoms with E-state index >= 15 is 0 Å². The maximum atomic E-state index is 11.8. The van der Waals surface area contributed by atoms with Crippen molar-refractivity contribution in [1.82, 2.24) is 14.9 Å². The molecule has 2 rings (SSSR count). The van der Waals surface area contributed by atoms with E-state index in [2.05, 4.69) is 10.3 Å². The molecule has 0 bridgehead atoms. The lowest BCUT2D eigenvalue weighted by Crippen LogP contribution is -2.32. The van der Waals surface area contributed by atoms with E-state index in [1.807, 2.05) is 17.8 Å². The second-order valence-electron chi connectivity index (χ2n) is 4.56. The molecule has 1 unspecified atom stereocenters. The summed E-state index contributed by atoms with van der Waals surface area (Å²) in [6.45, 7) is 0.521. The monoisotopic (exact) mass is 303 g/mol. The van der Waals surface area contributed by atoms with Crippen molar-refractivity contribution >= 4 is 27.5 Å². The summed E-state index contributed by atoms with van der Waals surface area (Å²) < 4.78 is 24.5. The first kappa shape index (κ1) is 14.4. The Morgan fingerprint density at radius 1 is 1.63 bits per heavy atom. The molecule has 0 radical (unpaired) electrons. The zero-order valence-corrected chi connectivity index (χ0v) is 12.3. The van der Waals surface area contributed by atoms with Gasteiger partial charge in [0.25, 0.3) is 0 Å². The quantitative estimate of drug-likeness (QED) is 0.615. The third-order valence-electron chi connectivity index (χ3n) is 3.01. The molecule has 8 heteroatoms. The number of aromatic nitrogens is 2. The van der Waals surface area contributed by atoms with Crippen LogP contribution in [0.5, 0.6) is 0 Å². The van der Waals surface area contributed by atoms with Crippen molar-refractivity contribution in [3.8, 4) is 0 Å². The van der Waals surface area contributed by atoms with Crippen molar-refractivity contribution in [2.75, 3.05) is 23.8 Å². The van der Waals surface area contributed by atoms with Crippen LogP contribution in [0.15, 0.2) is 17.6 Å². The minimum absolute atomic E-state index is 0.00859. The fourth-order valence-electron chi connectivity index (χ4n) is 1.95. The molecule has 1 aliphatic rings. The maximum absolute atomic E-state index is 11.8. The predicted octanol–water partition coefficient (Wildman–Crippen LogP) is 0.0631. The van der Waals surface area contributed by atoms with Crippen molar-refractivity contribution in [2.45, 2.75) is 11.6 Å². The number of nitrogens with zero attached hydrogens (tertiary/aromatic N) is 2. The van der Waals surface area contributed by atoms with E-state index in [4.69, 9.17) is 0 Å². The minimum atomic E-state index is -2.99. The average Bonchev–Trinajstić information content (AvgIpc) is 2.91. The van der Waals surface area contributed by atoms with Gasteiger partial charge in [0.2, 0.25) is 5.91 Å². The first-order valence-electron chi connectivity index (χ1n) is 6.06. The van der Waals surface area contributed by atoms with Gasteiger partial charge in [0.05, 0.1) is 17.4 Å². The van der Waals surface area contributed by atoms with E-state index in [9.17, 15) is 13.2 Å². The minimum Gasteiger partial charge on any atom is -0.355 e. The smallest absolute Gasteiger partial charge is 0.224 e. The van der Waals surface area contributed by atoms with Crippen molar-refractivity contribution in [1.29, 1.82) is 0 Å². The maximum Gasteiger partial charge on any atom is 0.224 e. The lowest BCUT2D eigenvalue weighted by atomic mass is 10.1. The van der Waals surface area contributed by atoms with Gasteiger partial charge in [0.15, 0.2) is 15.0 Å². The SMILES string of the molecule is Cn1ccnc1SCCNC(=O)C1CCS(=O)(=O)C1. The van der Waals surface area contributed by atoms with Gasteiger partial charge in [-0.05, 0) is 6.42 Å². The molecular weight excluding hydrogens is 286 g/mol. The van der Waals surface area contributed by atoms with Gasteiger partial charge in [-0.3, -0.25) is 4.79 Å². The number of amides is 1. The Morgan fingerprint density at radius 3 is 3.00 bits per heavy atom. The van der Waals surface area contributed by atoms with E-state index in [0.717, 1.165) is 10.9 Å². The Hall–Kier alpha value is -1.02. The highest BCUT2D eigenvalue weighted by atomic mass is 32.2. The summed E-state index contributed by atoms with van der Waals surface area (Å²) in [5, 5.41) is 3.68. The van der Waals surface area contributed by atoms with Crippen molar-refractivity contribution in [3.63, 3.8) is 0 Å². The molecule has 0 aliphatic carbocycles. The highest BCUT2D eigenvalue weighted by Gasteiger charge is 2.32. The Morgan fingerprint density at radius 2 is 2.42 bits per heavy atom. The zero-order valence-electron chi connectivity index (χ0n) is 10.7. The molecular formula is C11H17N3O3S2. The summed E-state index contributed by atoms with van der Waals surface area (Å²) in [6, 6.07) is 0. The molecule has 1 saturated heterocycles. The van der Waals surface area contributed by atoms with Crippen LogP contribution in [0, 0.1) is 5.92 Å². The number of rotatable bonds is 5. The molecule has 1 aromatic heterocycles. The molecule has 1 aliphatic heterocycles. The molecule has 1 fully saturated rings. The van der Waals surface area contributed by atoms with Gasteiger partial charge in [0, 0.05) is 31.7 Å². The molecule has 1 N–H and O–H groups in total. The first-order chi connectivity index (χ1) is 8.98. The molecule has 0 spiro atoms. The van der Waals surface area contributed by atoms with Gasteiger partial charge in [-0.2, -0.15) is 0 Å². The molecule has 19 heavy (non-hydrogen) atoms. The van der Waals surface area contributed by atoms with Crippen LogP contribution in [0.3, 0.4) is 0 Å². The highest BCUT2D eigenvalue weighted by Crippen LogP contribution is 2.18. The largest absolute Gasteiger partial charge is 0.355 e. The van der Waals surface area contributed by atoms with Gasteiger partial charge in [-0.25, -0.2) is 13.4 Å². The average molecular weight is 303 g/mol. The third-order valence-corrected chi connectivity index (χ3v) is 5.84. The van der Waals surface area contributed by atoms with E-state index < -0.39 is 9.84 Å². The van der Waals surface area contributed by atoms with Crippen LogP contribution in [0.4, 0.5) is 0 Å². The number of thioether (sulfide) groups is 1. The zero-order chi connectivity index (χ0) is 13.9. The number of carbonyl (C=O) groups excluding carboxylic acids is 1. The molecule has 6 nitrogen and oxygen atoms in total. The van der Waals surface area contributed by atoms with Crippen LogP contribution >= 0.6 is 11.8 Å². The molecule has 106 valence electrons. The van der Waals surface area contributed by atoms with Crippen LogP contribution in [-0.2, 0) is 21.7 Å². The number of aryl methyl sites for hydroxylation is 1. The predicted molar refractivity (Wildman–Crippen MR) is 73.7 cm³/mol. The van der Waals surface area contributed by atoms with Crippen LogP contribution in [0.2, 0.25) is 0 Å². The molecule has 1 amide bonds. The van der Waals surface area contributed by atoms with E-state index in [0.29, 0.717) is 13.0 Å². The van der Waals surface area contributed by atoms with E-state index in [1.54, 1.807) is 18.0 Å².